The Labute approximate surface area is 185 Å². The predicted octanol–water partition coefficient (Wildman–Crippen LogP) is 4.01. The maximum atomic E-state index is 12.8. The van der Waals surface area contributed by atoms with Gasteiger partial charge in [0, 0.05) is 11.6 Å². The average molecular weight is 437 g/mol. The van der Waals surface area contributed by atoms with Crippen molar-refractivity contribution in [3.63, 3.8) is 0 Å². The number of anilines is 1. The van der Waals surface area contributed by atoms with Crippen LogP contribution in [0.3, 0.4) is 0 Å². The van der Waals surface area contributed by atoms with Gasteiger partial charge in [-0.1, -0.05) is 55.5 Å². The molecule has 0 saturated carbocycles. The second-order valence-corrected chi connectivity index (χ2v) is 8.08. The number of carbonyl (C=O) groups excluding carboxylic acids is 2. The molecule has 0 aliphatic carbocycles. The fraction of sp³-hybridized carbons (Fsp3) is 0.217. The standard InChI is InChI=1S/C23H24N4O3S/c1-15(2)20(24-19(28)14-9-16-7-5-4-6-8-16)21(29)25-23-27-26-22(31-23)17-10-12-18(30-3)13-11-17/h4-15,20H,1-3H3,(H,24,28)(H,25,27,29)/b14-9+/t20-/m0/s1. The van der Waals surface area contributed by atoms with Crippen LogP contribution in [0.25, 0.3) is 16.6 Å². The molecule has 0 saturated heterocycles. The summed E-state index contributed by atoms with van der Waals surface area (Å²) in [5.41, 5.74) is 1.78. The third-order valence-electron chi connectivity index (χ3n) is 4.47. The molecule has 0 aliphatic rings. The highest BCUT2D eigenvalue weighted by Crippen LogP contribution is 2.28. The van der Waals surface area contributed by atoms with Crippen LogP contribution in [0.5, 0.6) is 5.75 Å². The van der Waals surface area contributed by atoms with Crippen molar-refractivity contribution < 1.29 is 14.3 Å². The summed E-state index contributed by atoms with van der Waals surface area (Å²) in [5.74, 6) is -0.0375. The summed E-state index contributed by atoms with van der Waals surface area (Å²) >= 11 is 1.26. The van der Waals surface area contributed by atoms with Crippen molar-refractivity contribution in [1.82, 2.24) is 15.5 Å². The van der Waals surface area contributed by atoms with Crippen molar-refractivity contribution in [3.8, 4) is 16.3 Å². The summed E-state index contributed by atoms with van der Waals surface area (Å²) in [6.07, 6.45) is 3.13. The number of amides is 2. The quantitative estimate of drug-likeness (QED) is 0.521. The van der Waals surface area contributed by atoms with E-state index in [4.69, 9.17) is 4.74 Å². The molecule has 2 aromatic carbocycles. The van der Waals surface area contributed by atoms with E-state index in [9.17, 15) is 9.59 Å². The van der Waals surface area contributed by atoms with Crippen LogP contribution in [-0.2, 0) is 9.59 Å². The molecule has 0 radical (unpaired) electrons. The fourth-order valence-electron chi connectivity index (χ4n) is 2.78. The molecule has 0 aliphatic heterocycles. The van der Waals surface area contributed by atoms with Gasteiger partial charge in [-0.15, -0.1) is 10.2 Å². The van der Waals surface area contributed by atoms with E-state index >= 15 is 0 Å². The molecule has 1 heterocycles. The second-order valence-electron chi connectivity index (χ2n) is 7.10. The zero-order valence-corrected chi connectivity index (χ0v) is 18.3. The zero-order valence-electron chi connectivity index (χ0n) is 17.5. The lowest BCUT2D eigenvalue weighted by Crippen LogP contribution is -2.46. The normalized spacial score (nSPS) is 12.0. The summed E-state index contributed by atoms with van der Waals surface area (Å²) in [6.45, 7) is 3.74. The number of ether oxygens (including phenoxy) is 1. The van der Waals surface area contributed by atoms with E-state index in [1.54, 1.807) is 13.2 Å². The van der Waals surface area contributed by atoms with E-state index in [-0.39, 0.29) is 17.7 Å². The Morgan fingerprint density at radius 2 is 1.74 bits per heavy atom. The number of nitrogens with zero attached hydrogens (tertiary/aromatic N) is 2. The van der Waals surface area contributed by atoms with Gasteiger partial charge < -0.3 is 10.1 Å². The second kappa shape index (κ2) is 10.5. The average Bonchev–Trinajstić information content (AvgIpc) is 3.25. The number of methoxy groups -OCH3 is 1. The molecule has 31 heavy (non-hydrogen) atoms. The van der Waals surface area contributed by atoms with Crippen LogP contribution < -0.4 is 15.4 Å². The third-order valence-corrected chi connectivity index (χ3v) is 5.35. The largest absolute Gasteiger partial charge is 0.497 e. The van der Waals surface area contributed by atoms with Gasteiger partial charge in [0.2, 0.25) is 16.9 Å². The van der Waals surface area contributed by atoms with Gasteiger partial charge in [0.15, 0.2) is 0 Å². The molecule has 3 aromatic rings. The number of nitrogens with one attached hydrogen (secondary N) is 2. The Kier molecular flexibility index (Phi) is 7.50. The highest BCUT2D eigenvalue weighted by molar-refractivity contribution is 7.18. The summed E-state index contributed by atoms with van der Waals surface area (Å²) in [5, 5.41) is 14.8. The van der Waals surface area contributed by atoms with Crippen LogP contribution in [0.2, 0.25) is 0 Å². The fourth-order valence-corrected chi connectivity index (χ4v) is 3.53. The SMILES string of the molecule is COc1ccc(-c2nnc(NC(=O)[C@@H](NC(=O)/C=C/c3ccccc3)C(C)C)s2)cc1. The van der Waals surface area contributed by atoms with E-state index in [2.05, 4.69) is 20.8 Å². The first-order chi connectivity index (χ1) is 15.0. The Bertz CT molecular complexity index is 1050. The van der Waals surface area contributed by atoms with Gasteiger partial charge in [-0.25, -0.2) is 0 Å². The molecule has 8 heteroatoms. The van der Waals surface area contributed by atoms with E-state index in [1.165, 1.54) is 17.4 Å². The Hall–Kier alpha value is -3.52. The molecular formula is C23H24N4O3S. The van der Waals surface area contributed by atoms with Gasteiger partial charge in [0.25, 0.3) is 0 Å². The molecule has 160 valence electrons. The third kappa shape index (κ3) is 6.23. The molecule has 2 amide bonds. The number of rotatable bonds is 8. The molecular weight excluding hydrogens is 412 g/mol. The van der Waals surface area contributed by atoms with Crippen molar-refractivity contribution in [1.29, 1.82) is 0 Å². The Morgan fingerprint density at radius 1 is 1.03 bits per heavy atom. The maximum absolute atomic E-state index is 12.8. The lowest BCUT2D eigenvalue weighted by Gasteiger charge is -2.20. The maximum Gasteiger partial charge on any atom is 0.249 e. The monoisotopic (exact) mass is 436 g/mol. The van der Waals surface area contributed by atoms with Crippen molar-refractivity contribution >= 4 is 34.4 Å². The number of aromatic nitrogens is 2. The smallest absolute Gasteiger partial charge is 0.249 e. The van der Waals surface area contributed by atoms with E-state index < -0.39 is 6.04 Å². The van der Waals surface area contributed by atoms with Gasteiger partial charge in [-0.3, -0.25) is 14.9 Å². The highest BCUT2D eigenvalue weighted by atomic mass is 32.1. The molecule has 1 atom stereocenters. The number of carbonyl (C=O) groups is 2. The van der Waals surface area contributed by atoms with E-state index in [0.717, 1.165) is 16.9 Å². The molecule has 1 aromatic heterocycles. The van der Waals surface area contributed by atoms with Crippen LogP contribution in [0.1, 0.15) is 19.4 Å². The molecule has 3 rings (SSSR count). The van der Waals surface area contributed by atoms with Gasteiger partial charge in [-0.2, -0.15) is 0 Å². The summed E-state index contributed by atoms with van der Waals surface area (Å²) in [7, 11) is 1.61. The summed E-state index contributed by atoms with van der Waals surface area (Å²) in [6, 6.07) is 16.2. The van der Waals surface area contributed by atoms with Gasteiger partial charge in [0.1, 0.15) is 16.8 Å². The minimum Gasteiger partial charge on any atom is -0.497 e. The van der Waals surface area contributed by atoms with Crippen LogP contribution in [0.4, 0.5) is 5.13 Å². The van der Waals surface area contributed by atoms with Crippen molar-refractivity contribution in [2.45, 2.75) is 19.9 Å². The molecule has 7 nitrogen and oxygen atoms in total. The van der Waals surface area contributed by atoms with Crippen LogP contribution in [0, 0.1) is 5.92 Å². The molecule has 2 N–H and O–H groups in total. The number of hydrogen-bond acceptors (Lipinski definition) is 6. The summed E-state index contributed by atoms with van der Waals surface area (Å²) < 4.78 is 5.16. The summed E-state index contributed by atoms with van der Waals surface area (Å²) in [4.78, 5) is 25.1. The zero-order chi connectivity index (χ0) is 22.2. The Balaban J connectivity index is 1.63. The van der Waals surface area contributed by atoms with E-state index in [0.29, 0.717) is 10.1 Å². The van der Waals surface area contributed by atoms with Crippen LogP contribution in [-0.4, -0.2) is 35.2 Å². The van der Waals surface area contributed by atoms with E-state index in [1.807, 2.05) is 68.4 Å². The van der Waals surface area contributed by atoms with Crippen molar-refractivity contribution in [2.75, 3.05) is 12.4 Å². The number of hydrogen-bond donors (Lipinski definition) is 2. The highest BCUT2D eigenvalue weighted by Gasteiger charge is 2.24. The van der Waals surface area contributed by atoms with Crippen LogP contribution >= 0.6 is 11.3 Å². The lowest BCUT2D eigenvalue weighted by atomic mass is 10.0. The molecule has 0 unspecified atom stereocenters. The minimum absolute atomic E-state index is 0.108. The topological polar surface area (TPSA) is 93.2 Å². The van der Waals surface area contributed by atoms with Crippen LogP contribution in [0.15, 0.2) is 60.7 Å². The van der Waals surface area contributed by atoms with Gasteiger partial charge in [0.05, 0.1) is 7.11 Å². The van der Waals surface area contributed by atoms with Crippen molar-refractivity contribution in [3.05, 3.63) is 66.2 Å². The minimum atomic E-state index is -0.707. The first-order valence-electron chi connectivity index (χ1n) is 9.78. The van der Waals surface area contributed by atoms with Crippen molar-refractivity contribution in [2.24, 2.45) is 5.92 Å². The molecule has 0 bridgehead atoms. The molecule has 0 fully saturated rings. The first-order valence-corrected chi connectivity index (χ1v) is 10.6. The lowest BCUT2D eigenvalue weighted by molar-refractivity contribution is -0.124. The Morgan fingerprint density at radius 3 is 2.39 bits per heavy atom. The van der Waals surface area contributed by atoms with Gasteiger partial charge in [-0.05, 0) is 41.8 Å². The van der Waals surface area contributed by atoms with Gasteiger partial charge >= 0.3 is 0 Å². The predicted molar refractivity (Wildman–Crippen MR) is 123 cm³/mol. The first kappa shape index (κ1) is 22.2. The number of benzene rings is 2. The molecule has 0 spiro atoms.